The van der Waals surface area contributed by atoms with Crippen LogP contribution in [-0.2, 0) is 0 Å². The molecule has 1 amide bonds. The Labute approximate surface area is 116 Å². The molecule has 0 aliphatic carbocycles. The molecule has 0 atom stereocenters. The van der Waals surface area contributed by atoms with E-state index in [9.17, 15) is 4.79 Å². The second kappa shape index (κ2) is 5.84. The van der Waals surface area contributed by atoms with E-state index in [1.54, 1.807) is 37.9 Å². The fraction of sp³-hybridized carbons (Fsp3) is 0.214. The molecule has 19 heavy (non-hydrogen) atoms. The van der Waals surface area contributed by atoms with Crippen molar-refractivity contribution in [3.8, 4) is 5.75 Å². The van der Waals surface area contributed by atoms with Gasteiger partial charge < -0.3 is 14.5 Å². The number of nitrogens with one attached hydrogen (secondary N) is 1. The molecule has 0 bridgehead atoms. The van der Waals surface area contributed by atoms with Crippen LogP contribution in [0.4, 0.5) is 5.69 Å². The fourth-order valence-electron chi connectivity index (χ4n) is 1.64. The van der Waals surface area contributed by atoms with Gasteiger partial charge in [0.15, 0.2) is 5.76 Å². The number of anilines is 1. The van der Waals surface area contributed by atoms with Crippen molar-refractivity contribution in [3.63, 3.8) is 0 Å². The van der Waals surface area contributed by atoms with E-state index in [0.717, 1.165) is 4.90 Å². The summed E-state index contributed by atoms with van der Waals surface area (Å²) in [5.74, 6) is 1.33. The van der Waals surface area contributed by atoms with Gasteiger partial charge in [0.2, 0.25) is 0 Å². The highest BCUT2D eigenvalue weighted by Gasteiger charge is 2.13. The predicted octanol–water partition coefficient (Wildman–Crippen LogP) is 3.57. The number of aryl methyl sites for hydroxylation is 1. The molecule has 0 unspecified atom stereocenters. The van der Waals surface area contributed by atoms with E-state index >= 15 is 0 Å². The van der Waals surface area contributed by atoms with Gasteiger partial charge in [-0.3, -0.25) is 4.79 Å². The summed E-state index contributed by atoms with van der Waals surface area (Å²) in [4.78, 5) is 13.1. The first-order valence-corrected chi connectivity index (χ1v) is 6.96. The van der Waals surface area contributed by atoms with Crippen LogP contribution < -0.4 is 10.1 Å². The summed E-state index contributed by atoms with van der Waals surface area (Å²) in [6.07, 6.45) is 1.98. The van der Waals surface area contributed by atoms with Gasteiger partial charge >= 0.3 is 0 Å². The molecule has 0 spiro atoms. The van der Waals surface area contributed by atoms with Gasteiger partial charge in [-0.15, -0.1) is 11.8 Å². The van der Waals surface area contributed by atoms with E-state index < -0.39 is 0 Å². The number of benzene rings is 1. The maximum absolute atomic E-state index is 12.0. The summed E-state index contributed by atoms with van der Waals surface area (Å²) < 4.78 is 10.6. The Morgan fingerprint density at radius 3 is 2.68 bits per heavy atom. The lowest BCUT2D eigenvalue weighted by Gasteiger charge is -2.10. The smallest absolute Gasteiger partial charge is 0.291 e. The van der Waals surface area contributed by atoms with Gasteiger partial charge in [-0.05, 0) is 43.5 Å². The Morgan fingerprint density at radius 2 is 2.11 bits per heavy atom. The van der Waals surface area contributed by atoms with Crippen molar-refractivity contribution in [1.29, 1.82) is 0 Å². The third-order valence-corrected chi connectivity index (χ3v) is 3.35. The number of hydrogen-bond donors (Lipinski definition) is 1. The molecule has 0 saturated carbocycles. The van der Waals surface area contributed by atoms with Gasteiger partial charge in [0, 0.05) is 4.90 Å². The zero-order valence-corrected chi connectivity index (χ0v) is 11.8. The summed E-state index contributed by atoms with van der Waals surface area (Å²) in [5, 5.41) is 2.78. The number of thioether (sulfide) groups is 1. The standard InChI is InChI=1S/C14H15NO3S/c1-9-4-7-12(18-9)14(16)15-11-6-5-10(19-3)8-13(11)17-2/h4-8H,1-3H3,(H,15,16). The van der Waals surface area contributed by atoms with Crippen LogP contribution in [0.3, 0.4) is 0 Å². The van der Waals surface area contributed by atoms with Gasteiger partial charge in [-0.1, -0.05) is 0 Å². The summed E-state index contributed by atoms with van der Waals surface area (Å²) in [6.45, 7) is 1.80. The van der Waals surface area contributed by atoms with Gasteiger partial charge in [-0.25, -0.2) is 0 Å². The molecule has 4 nitrogen and oxygen atoms in total. The van der Waals surface area contributed by atoms with E-state index in [2.05, 4.69) is 5.32 Å². The Hall–Kier alpha value is -1.88. The minimum Gasteiger partial charge on any atom is -0.495 e. The zero-order valence-electron chi connectivity index (χ0n) is 11.0. The third-order valence-electron chi connectivity index (χ3n) is 2.62. The first-order chi connectivity index (χ1) is 9.13. The summed E-state index contributed by atoms with van der Waals surface area (Å²) in [5.41, 5.74) is 0.624. The molecule has 1 aromatic carbocycles. The molecule has 2 aromatic rings. The quantitative estimate of drug-likeness (QED) is 0.868. The van der Waals surface area contributed by atoms with Gasteiger partial charge in [0.25, 0.3) is 5.91 Å². The molecule has 2 rings (SSSR count). The van der Waals surface area contributed by atoms with E-state index in [-0.39, 0.29) is 11.7 Å². The topological polar surface area (TPSA) is 51.5 Å². The van der Waals surface area contributed by atoms with Crippen LogP contribution in [0.15, 0.2) is 39.6 Å². The number of ether oxygens (including phenoxy) is 1. The molecule has 1 aromatic heterocycles. The zero-order chi connectivity index (χ0) is 13.8. The normalized spacial score (nSPS) is 10.3. The molecular weight excluding hydrogens is 262 g/mol. The Morgan fingerprint density at radius 1 is 1.32 bits per heavy atom. The molecular formula is C14H15NO3S. The number of methoxy groups -OCH3 is 1. The minimum atomic E-state index is -0.289. The van der Waals surface area contributed by atoms with Crippen LogP contribution in [0, 0.1) is 6.92 Å². The maximum atomic E-state index is 12.0. The van der Waals surface area contributed by atoms with Crippen molar-refractivity contribution in [2.24, 2.45) is 0 Å². The third kappa shape index (κ3) is 3.12. The lowest BCUT2D eigenvalue weighted by molar-refractivity contribution is 0.0995. The molecule has 100 valence electrons. The van der Waals surface area contributed by atoms with Crippen molar-refractivity contribution in [1.82, 2.24) is 0 Å². The van der Waals surface area contributed by atoms with Crippen molar-refractivity contribution >= 4 is 23.4 Å². The fourth-order valence-corrected chi connectivity index (χ4v) is 2.07. The average Bonchev–Trinajstić information content (AvgIpc) is 2.86. The first-order valence-electron chi connectivity index (χ1n) is 5.74. The van der Waals surface area contributed by atoms with Crippen molar-refractivity contribution in [2.45, 2.75) is 11.8 Å². The highest BCUT2D eigenvalue weighted by molar-refractivity contribution is 7.98. The predicted molar refractivity (Wildman–Crippen MR) is 76.2 cm³/mol. The number of furan rings is 1. The first kappa shape index (κ1) is 13.5. The summed E-state index contributed by atoms with van der Waals surface area (Å²) in [6, 6.07) is 9.03. The molecule has 0 saturated heterocycles. The number of hydrogen-bond acceptors (Lipinski definition) is 4. The summed E-state index contributed by atoms with van der Waals surface area (Å²) >= 11 is 1.61. The second-order valence-corrected chi connectivity index (χ2v) is 4.81. The number of rotatable bonds is 4. The lowest BCUT2D eigenvalue weighted by Crippen LogP contribution is -2.11. The molecule has 5 heteroatoms. The molecule has 0 aliphatic rings. The van der Waals surface area contributed by atoms with Gasteiger partial charge in [0.1, 0.15) is 11.5 Å². The van der Waals surface area contributed by atoms with Crippen LogP contribution >= 0.6 is 11.8 Å². The van der Waals surface area contributed by atoms with E-state index in [1.807, 2.05) is 24.5 Å². The highest BCUT2D eigenvalue weighted by Crippen LogP contribution is 2.29. The molecule has 1 heterocycles. The van der Waals surface area contributed by atoms with Crippen LogP contribution in [0.25, 0.3) is 0 Å². The van der Waals surface area contributed by atoms with E-state index in [0.29, 0.717) is 17.2 Å². The van der Waals surface area contributed by atoms with Gasteiger partial charge in [0.05, 0.1) is 12.8 Å². The van der Waals surface area contributed by atoms with Crippen LogP contribution in [0.2, 0.25) is 0 Å². The average molecular weight is 277 g/mol. The maximum Gasteiger partial charge on any atom is 0.291 e. The Bertz CT molecular complexity index is 592. The van der Waals surface area contributed by atoms with Crippen molar-refractivity contribution in [3.05, 3.63) is 41.9 Å². The van der Waals surface area contributed by atoms with Crippen LogP contribution in [0.1, 0.15) is 16.3 Å². The van der Waals surface area contributed by atoms with Gasteiger partial charge in [-0.2, -0.15) is 0 Å². The minimum absolute atomic E-state index is 0.286. The Balaban J connectivity index is 2.21. The number of carbonyl (C=O) groups is 1. The summed E-state index contributed by atoms with van der Waals surface area (Å²) in [7, 11) is 1.58. The lowest BCUT2D eigenvalue weighted by atomic mass is 10.3. The largest absolute Gasteiger partial charge is 0.495 e. The molecule has 1 N–H and O–H groups in total. The number of carbonyl (C=O) groups excluding carboxylic acids is 1. The van der Waals surface area contributed by atoms with Crippen LogP contribution in [-0.4, -0.2) is 19.3 Å². The second-order valence-electron chi connectivity index (χ2n) is 3.93. The molecule has 0 fully saturated rings. The van der Waals surface area contributed by atoms with E-state index in [1.165, 1.54) is 0 Å². The van der Waals surface area contributed by atoms with Crippen molar-refractivity contribution in [2.75, 3.05) is 18.7 Å². The highest BCUT2D eigenvalue weighted by atomic mass is 32.2. The Kier molecular flexibility index (Phi) is 4.16. The van der Waals surface area contributed by atoms with Crippen LogP contribution in [0.5, 0.6) is 5.75 Å². The molecule has 0 radical (unpaired) electrons. The number of amides is 1. The SMILES string of the molecule is COc1cc(SC)ccc1NC(=O)c1ccc(C)o1. The van der Waals surface area contributed by atoms with Crippen molar-refractivity contribution < 1.29 is 13.9 Å². The monoisotopic (exact) mass is 277 g/mol. The van der Waals surface area contributed by atoms with E-state index in [4.69, 9.17) is 9.15 Å². The molecule has 0 aliphatic heterocycles.